The van der Waals surface area contributed by atoms with E-state index in [1.807, 2.05) is 24.3 Å². The van der Waals surface area contributed by atoms with Crippen molar-refractivity contribution in [3.63, 3.8) is 0 Å². The van der Waals surface area contributed by atoms with E-state index in [4.69, 9.17) is 0 Å². The number of aromatic hydroxyl groups is 1. The molecule has 2 aliphatic rings. The molecule has 0 spiro atoms. The van der Waals surface area contributed by atoms with Gasteiger partial charge in [0.2, 0.25) is 0 Å². The van der Waals surface area contributed by atoms with E-state index in [1.54, 1.807) is 18.5 Å². The van der Waals surface area contributed by atoms with Gasteiger partial charge < -0.3 is 10.0 Å². The summed E-state index contributed by atoms with van der Waals surface area (Å²) in [5, 5.41) is 26.2. The zero-order valence-corrected chi connectivity index (χ0v) is 18.7. The Bertz CT molecular complexity index is 1070. The van der Waals surface area contributed by atoms with Crippen molar-refractivity contribution in [2.24, 2.45) is 10.8 Å². The van der Waals surface area contributed by atoms with Crippen molar-refractivity contribution in [3.8, 4) is 28.1 Å². The molecule has 168 valence electrons. The van der Waals surface area contributed by atoms with Crippen molar-refractivity contribution in [2.45, 2.75) is 52.0 Å². The summed E-state index contributed by atoms with van der Waals surface area (Å²) >= 11 is 0. The van der Waals surface area contributed by atoms with Crippen LogP contribution in [0, 0.1) is 10.8 Å². The SMILES string of the molecule is C[C@]12CC[C@](C)(CC(N(CCF)c3ccc(-c4ccc(-c5cn[nH]c5)cc4O)nn3)C1)C2. The van der Waals surface area contributed by atoms with Gasteiger partial charge in [-0.15, -0.1) is 10.2 Å². The number of rotatable bonds is 6. The number of aromatic amines is 1. The molecule has 2 aromatic heterocycles. The third-order valence-electron chi connectivity index (χ3n) is 7.46. The summed E-state index contributed by atoms with van der Waals surface area (Å²) in [5.41, 5.74) is 3.65. The highest BCUT2D eigenvalue weighted by atomic mass is 19.1. The molecule has 7 heteroatoms. The molecule has 2 heterocycles. The van der Waals surface area contributed by atoms with E-state index in [0.717, 1.165) is 24.0 Å². The van der Waals surface area contributed by atoms with Crippen LogP contribution in [0.4, 0.5) is 10.2 Å². The Balaban J connectivity index is 1.39. The third-order valence-corrected chi connectivity index (χ3v) is 7.46. The van der Waals surface area contributed by atoms with E-state index >= 15 is 0 Å². The van der Waals surface area contributed by atoms with Crippen LogP contribution >= 0.6 is 0 Å². The first-order valence-corrected chi connectivity index (χ1v) is 11.4. The number of hydrogen-bond acceptors (Lipinski definition) is 5. The Kier molecular flexibility index (Phi) is 5.14. The molecule has 0 saturated heterocycles. The minimum absolute atomic E-state index is 0.135. The molecule has 2 bridgehead atoms. The second kappa shape index (κ2) is 7.87. The van der Waals surface area contributed by atoms with Crippen LogP contribution in [0.5, 0.6) is 5.75 Å². The molecule has 3 atom stereocenters. The number of H-pyrrole nitrogens is 1. The lowest BCUT2D eigenvalue weighted by atomic mass is 9.68. The van der Waals surface area contributed by atoms with Crippen molar-refractivity contribution >= 4 is 5.82 Å². The van der Waals surface area contributed by atoms with E-state index in [1.165, 1.54) is 19.3 Å². The lowest BCUT2D eigenvalue weighted by Crippen LogP contribution is -2.45. The quantitative estimate of drug-likeness (QED) is 0.544. The summed E-state index contributed by atoms with van der Waals surface area (Å²) in [6.45, 7) is 4.67. The predicted molar refractivity (Wildman–Crippen MR) is 123 cm³/mol. The molecule has 0 aliphatic heterocycles. The predicted octanol–water partition coefficient (Wildman–Crippen LogP) is 5.37. The van der Waals surface area contributed by atoms with E-state index in [2.05, 4.69) is 39.1 Å². The molecule has 1 unspecified atom stereocenters. The standard InChI is InChI=1S/C25H30FN5O/c1-24-7-8-25(2,16-24)13-19(12-24)31(10-9-26)23-6-5-21(29-30-23)20-4-3-17(11-22(20)32)18-14-27-28-15-18/h3-6,11,14-15,19,32H,7-10,12-13,16H2,1-2H3,(H,27,28)/t19?,24-,25+. The van der Waals surface area contributed by atoms with Gasteiger partial charge in [-0.25, -0.2) is 4.39 Å². The average molecular weight is 436 g/mol. The normalized spacial score (nSPS) is 26.9. The van der Waals surface area contributed by atoms with Crippen LogP contribution in [-0.2, 0) is 0 Å². The van der Waals surface area contributed by atoms with Gasteiger partial charge in [0, 0.05) is 29.9 Å². The first kappa shape index (κ1) is 20.9. The molecule has 2 fully saturated rings. The van der Waals surface area contributed by atoms with Crippen molar-refractivity contribution in [3.05, 3.63) is 42.7 Å². The molecule has 0 amide bonds. The maximum Gasteiger partial charge on any atom is 0.151 e. The molecule has 2 aliphatic carbocycles. The van der Waals surface area contributed by atoms with E-state index < -0.39 is 6.67 Å². The Morgan fingerprint density at radius 2 is 1.88 bits per heavy atom. The number of phenolic OH excluding ortho intramolecular Hbond substituents is 1. The van der Waals surface area contributed by atoms with Gasteiger partial charge in [-0.1, -0.05) is 19.9 Å². The Morgan fingerprint density at radius 1 is 1.09 bits per heavy atom. The first-order valence-electron chi connectivity index (χ1n) is 11.4. The molecular weight excluding hydrogens is 405 g/mol. The van der Waals surface area contributed by atoms with Crippen LogP contribution in [0.25, 0.3) is 22.4 Å². The van der Waals surface area contributed by atoms with E-state index in [-0.39, 0.29) is 11.8 Å². The summed E-state index contributed by atoms with van der Waals surface area (Å²) in [7, 11) is 0. The number of aromatic nitrogens is 4. The molecule has 2 saturated carbocycles. The van der Waals surface area contributed by atoms with Crippen LogP contribution in [0.15, 0.2) is 42.7 Å². The number of fused-ring (bicyclic) bond motifs is 2. The molecule has 6 nitrogen and oxygen atoms in total. The number of benzene rings is 1. The molecule has 2 N–H and O–H groups in total. The van der Waals surface area contributed by atoms with E-state index in [0.29, 0.717) is 34.4 Å². The Morgan fingerprint density at radius 3 is 2.47 bits per heavy atom. The smallest absolute Gasteiger partial charge is 0.151 e. The van der Waals surface area contributed by atoms with Crippen molar-refractivity contribution in [1.29, 1.82) is 0 Å². The van der Waals surface area contributed by atoms with Gasteiger partial charge in [-0.3, -0.25) is 5.10 Å². The van der Waals surface area contributed by atoms with Crippen molar-refractivity contribution in [1.82, 2.24) is 20.4 Å². The van der Waals surface area contributed by atoms with Gasteiger partial charge in [-0.2, -0.15) is 5.10 Å². The number of nitrogens with one attached hydrogen (secondary N) is 1. The van der Waals surface area contributed by atoms with Gasteiger partial charge in [0.15, 0.2) is 5.82 Å². The fourth-order valence-corrected chi connectivity index (χ4v) is 6.12. The van der Waals surface area contributed by atoms with Gasteiger partial charge in [0.1, 0.15) is 12.4 Å². The summed E-state index contributed by atoms with van der Waals surface area (Å²) in [4.78, 5) is 2.11. The van der Waals surface area contributed by atoms with E-state index in [9.17, 15) is 9.50 Å². The van der Waals surface area contributed by atoms with Crippen LogP contribution in [0.3, 0.4) is 0 Å². The molecule has 32 heavy (non-hydrogen) atoms. The fourth-order valence-electron chi connectivity index (χ4n) is 6.12. The summed E-state index contributed by atoms with van der Waals surface area (Å²) in [6.07, 6.45) is 9.40. The van der Waals surface area contributed by atoms with Crippen molar-refractivity contribution < 1.29 is 9.50 Å². The minimum atomic E-state index is -0.413. The van der Waals surface area contributed by atoms with Gasteiger partial charge in [0.25, 0.3) is 0 Å². The lowest BCUT2D eigenvalue weighted by Gasteiger charge is -2.45. The van der Waals surface area contributed by atoms with Gasteiger partial charge >= 0.3 is 0 Å². The van der Waals surface area contributed by atoms with Crippen LogP contribution in [0.1, 0.15) is 46.0 Å². The largest absolute Gasteiger partial charge is 0.507 e. The lowest BCUT2D eigenvalue weighted by molar-refractivity contribution is 0.144. The zero-order valence-electron chi connectivity index (χ0n) is 18.7. The average Bonchev–Trinajstić information content (AvgIpc) is 3.38. The maximum absolute atomic E-state index is 13.5. The van der Waals surface area contributed by atoms with Crippen molar-refractivity contribution in [2.75, 3.05) is 18.1 Å². The van der Waals surface area contributed by atoms with Crippen LogP contribution in [-0.4, -0.2) is 44.8 Å². The maximum atomic E-state index is 13.5. The van der Waals surface area contributed by atoms with Gasteiger partial charge in [0.05, 0.1) is 11.9 Å². The molecule has 5 rings (SSSR count). The number of halogens is 1. The zero-order chi connectivity index (χ0) is 22.3. The molecule has 0 radical (unpaired) electrons. The number of hydrogen-bond donors (Lipinski definition) is 2. The molecule has 1 aromatic carbocycles. The highest BCUT2D eigenvalue weighted by molar-refractivity contribution is 5.73. The first-order chi connectivity index (χ1) is 15.4. The monoisotopic (exact) mass is 435 g/mol. The second-order valence-corrected chi connectivity index (χ2v) is 10.2. The summed E-state index contributed by atoms with van der Waals surface area (Å²) in [6, 6.07) is 9.50. The minimum Gasteiger partial charge on any atom is -0.507 e. The third kappa shape index (κ3) is 3.85. The molecular formula is C25H30FN5O. The summed E-state index contributed by atoms with van der Waals surface area (Å²) < 4.78 is 13.5. The number of phenols is 1. The van der Waals surface area contributed by atoms with Gasteiger partial charge in [-0.05, 0) is 72.8 Å². The van der Waals surface area contributed by atoms with Crippen LogP contribution in [0.2, 0.25) is 0 Å². The van der Waals surface area contributed by atoms with Crippen LogP contribution < -0.4 is 4.90 Å². The number of alkyl halides is 1. The Labute approximate surface area is 187 Å². The molecule has 3 aromatic rings. The Hall–Kier alpha value is -2.96. The number of anilines is 1. The second-order valence-electron chi connectivity index (χ2n) is 10.2. The topological polar surface area (TPSA) is 77.9 Å². The number of nitrogens with zero attached hydrogens (tertiary/aromatic N) is 4. The highest BCUT2D eigenvalue weighted by Crippen LogP contribution is 2.59. The fraction of sp³-hybridized carbons (Fsp3) is 0.480. The summed E-state index contributed by atoms with van der Waals surface area (Å²) in [5.74, 6) is 0.843. The highest BCUT2D eigenvalue weighted by Gasteiger charge is 2.50.